The number of rotatable bonds is 9. The Kier molecular flexibility index (Phi) is 8.29. The first-order valence-corrected chi connectivity index (χ1v) is 5.74. The Morgan fingerprint density at radius 2 is 1.94 bits per heavy atom. The summed E-state index contributed by atoms with van der Waals surface area (Å²) in [6.45, 7) is 0.660. The van der Waals surface area contributed by atoms with E-state index in [9.17, 15) is 4.79 Å². The van der Waals surface area contributed by atoms with Crippen LogP contribution in [0.15, 0.2) is 4.99 Å². The SMILES string of the molecule is N=C(N)CCCOC(=O)[C@@H](N)CCCN=C(N)N. The van der Waals surface area contributed by atoms with Crippen LogP contribution in [0.2, 0.25) is 0 Å². The second-order valence-corrected chi connectivity index (χ2v) is 3.85. The number of amidine groups is 1. The smallest absolute Gasteiger partial charge is 0.322 e. The van der Waals surface area contributed by atoms with Crippen molar-refractivity contribution in [1.29, 1.82) is 5.41 Å². The average molecular weight is 258 g/mol. The van der Waals surface area contributed by atoms with Crippen LogP contribution in [0.4, 0.5) is 0 Å². The van der Waals surface area contributed by atoms with Gasteiger partial charge in [-0.1, -0.05) is 0 Å². The van der Waals surface area contributed by atoms with Crippen LogP contribution in [0, 0.1) is 5.41 Å². The molecule has 0 aliphatic carbocycles. The van der Waals surface area contributed by atoms with Crippen molar-refractivity contribution in [3.05, 3.63) is 0 Å². The third kappa shape index (κ3) is 9.40. The molecule has 1 atom stereocenters. The normalized spacial score (nSPS) is 11.6. The average Bonchev–Trinajstić information content (AvgIpc) is 2.29. The van der Waals surface area contributed by atoms with Crippen molar-refractivity contribution in [2.24, 2.45) is 27.9 Å². The number of aliphatic imine (C=N–C) groups is 1. The predicted octanol–water partition coefficient (Wildman–Crippen LogP) is -1.37. The summed E-state index contributed by atoms with van der Waals surface area (Å²) in [5, 5.41) is 6.99. The maximum atomic E-state index is 11.4. The third-order valence-electron chi connectivity index (χ3n) is 2.11. The minimum atomic E-state index is -0.670. The molecule has 0 aliphatic rings. The minimum Gasteiger partial charge on any atom is -0.465 e. The molecule has 0 fully saturated rings. The van der Waals surface area contributed by atoms with Gasteiger partial charge in [-0.3, -0.25) is 15.2 Å². The lowest BCUT2D eigenvalue weighted by molar-refractivity contribution is -0.145. The molecular weight excluding hydrogens is 236 g/mol. The van der Waals surface area contributed by atoms with E-state index in [4.69, 9.17) is 33.1 Å². The zero-order chi connectivity index (χ0) is 14.0. The summed E-state index contributed by atoms with van der Waals surface area (Å²) < 4.78 is 4.93. The number of carbonyl (C=O) groups excluding carboxylic acids is 1. The molecule has 0 amide bonds. The molecule has 104 valence electrons. The Bertz CT molecular complexity index is 301. The van der Waals surface area contributed by atoms with E-state index in [1.165, 1.54) is 0 Å². The van der Waals surface area contributed by atoms with Gasteiger partial charge in [-0.25, -0.2) is 0 Å². The van der Waals surface area contributed by atoms with Crippen LogP contribution in [0.3, 0.4) is 0 Å². The molecule has 0 aromatic rings. The van der Waals surface area contributed by atoms with Crippen LogP contribution >= 0.6 is 0 Å². The van der Waals surface area contributed by atoms with Gasteiger partial charge in [-0.05, 0) is 19.3 Å². The number of nitrogens with two attached hydrogens (primary N) is 4. The van der Waals surface area contributed by atoms with Crippen molar-refractivity contribution >= 4 is 17.8 Å². The molecule has 0 rings (SSSR count). The molecule has 0 spiro atoms. The van der Waals surface area contributed by atoms with E-state index < -0.39 is 12.0 Å². The highest BCUT2D eigenvalue weighted by Gasteiger charge is 2.14. The van der Waals surface area contributed by atoms with Crippen LogP contribution in [-0.4, -0.2) is 37.0 Å². The lowest BCUT2D eigenvalue weighted by Gasteiger charge is -2.10. The van der Waals surface area contributed by atoms with E-state index in [0.717, 1.165) is 0 Å². The highest BCUT2D eigenvalue weighted by Crippen LogP contribution is 1.99. The number of guanidine groups is 1. The second-order valence-electron chi connectivity index (χ2n) is 3.85. The molecule has 0 aromatic carbocycles. The lowest BCUT2D eigenvalue weighted by Crippen LogP contribution is -2.32. The molecule has 9 N–H and O–H groups in total. The third-order valence-corrected chi connectivity index (χ3v) is 2.11. The molecule has 0 unspecified atom stereocenters. The predicted molar refractivity (Wildman–Crippen MR) is 70.0 cm³/mol. The molecule has 0 bridgehead atoms. The Labute approximate surface area is 106 Å². The molecular formula is C10H22N6O2. The van der Waals surface area contributed by atoms with Crippen LogP contribution in [0.25, 0.3) is 0 Å². The largest absolute Gasteiger partial charge is 0.465 e. The van der Waals surface area contributed by atoms with Gasteiger partial charge in [0.2, 0.25) is 0 Å². The molecule has 0 aliphatic heterocycles. The number of nitrogens with zero attached hydrogens (tertiary/aromatic N) is 1. The summed E-state index contributed by atoms with van der Waals surface area (Å²) in [5.74, 6) is -0.355. The van der Waals surface area contributed by atoms with E-state index in [2.05, 4.69) is 4.99 Å². The Hall–Kier alpha value is -1.83. The fraction of sp³-hybridized carbons (Fsp3) is 0.700. The summed E-state index contributed by atoms with van der Waals surface area (Å²) in [7, 11) is 0. The Balaban J connectivity index is 3.63. The van der Waals surface area contributed by atoms with Gasteiger partial charge in [0.05, 0.1) is 12.4 Å². The maximum absolute atomic E-state index is 11.4. The molecule has 0 aromatic heterocycles. The molecule has 0 saturated carbocycles. The van der Waals surface area contributed by atoms with Crippen LogP contribution < -0.4 is 22.9 Å². The van der Waals surface area contributed by atoms with Crippen LogP contribution in [0.1, 0.15) is 25.7 Å². The summed E-state index contributed by atoms with van der Waals surface area (Å²) in [4.78, 5) is 15.2. The number of nitrogens with one attached hydrogen (secondary N) is 1. The second kappa shape index (κ2) is 9.23. The first-order chi connectivity index (χ1) is 8.43. The summed E-state index contributed by atoms with van der Waals surface area (Å²) in [6.07, 6.45) is 2.01. The number of carbonyl (C=O) groups is 1. The van der Waals surface area contributed by atoms with Crippen molar-refractivity contribution in [3.8, 4) is 0 Å². The fourth-order valence-electron chi connectivity index (χ4n) is 1.18. The van der Waals surface area contributed by atoms with Gasteiger partial charge < -0.3 is 27.7 Å². The van der Waals surface area contributed by atoms with E-state index >= 15 is 0 Å². The van der Waals surface area contributed by atoms with Crippen LogP contribution in [-0.2, 0) is 9.53 Å². The van der Waals surface area contributed by atoms with Gasteiger partial charge in [0.1, 0.15) is 6.04 Å². The van der Waals surface area contributed by atoms with Crippen molar-refractivity contribution in [3.63, 3.8) is 0 Å². The lowest BCUT2D eigenvalue weighted by atomic mass is 10.2. The van der Waals surface area contributed by atoms with Gasteiger partial charge >= 0.3 is 5.97 Å². The Morgan fingerprint density at radius 1 is 1.28 bits per heavy atom. The van der Waals surface area contributed by atoms with Gasteiger partial charge in [0, 0.05) is 13.0 Å². The van der Waals surface area contributed by atoms with E-state index in [0.29, 0.717) is 32.2 Å². The molecule has 0 radical (unpaired) electrons. The zero-order valence-corrected chi connectivity index (χ0v) is 10.4. The number of hydrogen-bond acceptors (Lipinski definition) is 5. The van der Waals surface area contributed by atoms with Gasteiger partial charge in [0.25, 0.3) is 0 Å². The van der Waals surface area contributed by atoms with Gasteiger partial charge in [-0.2, -0.15) is 0 Å². The minimum absolute atomic E-state index is 0.0235. The van der Waals surface area contributed by atoms with E-state index in [1.807, 2.05) is 0 Å². The first kappa shape index (κ1) is 16.2. The van der Waals surface area contributed by atoms with Gasteiger partial charge in [0.15, 0.2) is 5.96 Å². The van der Waals surface area contributed by atoms with E-state index in [1.54, 1.807) is 0 Å². The standard InChI is InChI=1S/C10H22N6O2/c11-7(3-1-5-16-10(14)15)9(17)18-6-2-4-8(12)13/h7H,1-6,11H2,(H3,12,13)(H4,14,15,16)/t7-/m0/s1. The molecule has 8 nitrogen and oxygen atoms in total. The maximum Gasteiger partial charge on any atom is 0.322 e. The van der Waals surface area contributed by atoms with Crippen LogP contribution in [0.5, 0.6) is 0 Å². The fourth-order valence-corrected chi connectivity index (χ4v) is 1.18. The first-order valence-electron chi connectivity index (χ1n) is 5.74. The topological polar surface area (TPSA) is 167 Å². The number of esters is 1. The monoisotopic (exact) mass is 258 g/mol. The molecule has 18 heavy (non-hydrogen) atoms. The zero-order valence-electron chi connectivity index (χ0n) is 10.4. The van der Waals surface area contributed by atoms with Crippen molar-refractivity contribution in [1.82, 2.24) is 0 Å². The quantitative estimate of drug-likeness (QED) is 0.148. The molecule has 0 heterocycles. The van der Waals surface area contributed by atoms with Crippen molar-refractivity contribution in [2.75, 3.05) is 13.2 Å². The Morgan fingerprint density at radius 3 is 2.50 bits per heavy atom. The van der Waals surface area contributed by atoms with Crippen molar-refractivity contribution in [2.45, 2.75) is 31.7 Å². The van der Waals surface area contributed by atoms with E-state index in [-0.39, 0.29) is 18.4 Å². The molecule has 8 heteroatoms. The van der Waals surface area contributed by atoms with Crippen molar-refractivity contribution < 1.29 is 9.53 Å². The summed E-state index contributed by atoms with van der Waals surface area (Å²) in [6, 6.07) is -0.670. The number of hydrogen-bond donors (Lipinski definition) is 5. The summed E-state index contributed by atoms with van der Waals surface area (Å²) in [5.41, 5.74) is 21.1. The highest BCUT2D eigenvalue weighted by atomic mass is 16.5. The molecule has 0 saturated heterocycles. The number of ether oxygens (including phenoxy) is 1. The highest BCUT2D eigenvalue weighted by molar-refractivity contribution is 5.77. The van der Waals surface area contributed by atoms with Gasteiger partial charge in [-0.15, -0.1) is 0 Å². The summed E-state index contributed by atoms with van der Waals surface area (Å²) >= 11 is 0.